The van der Waals surface area contributed by atoms with E-state index in [1.807, 2.05) is 23.5 Å². The van der Waals surface area contributed by atoms with Crippen LogP contribution in [0, 0.1) is 0 Å². The summed E-state index contributed by atoms with van der Waals surface area (Å²) in [5.74, 6) is 0. The van der Waals surface area contributed by atoms with Gasteiger partial charge >= 0.3 is 0 Å². The van der Waals surface area contributed by atoms with Crippen molar-refractivity contribution in [1.82, 2.24) is 0 Å². The van der Waals surface area contributed by atoms with Crippen LogP contribution in [-0.4, -0.2) is 0 Å². The molecule has 0 aliphatic carbocycles. The average molecular weight is 594 g/mol. The smallest absolute Gasteiger partial charge is 0.137 e. The lowest BCUT2D eigenvalue weighted by Crippen LogP contribution is -2.11. The summed E-state index contributed by atoms with van der Waals surface area (Å²) in [6.07, 6.45) is 0. The number of thiophene rings is 1. The molecule has 45 heavy (non-hydrogen) atoms. The molecule has 212 valence electrons. The Labute approximate surface area is 265 Å². The van der Waals surface area contributed by atoms with E-state index in [2.05, 4.69) is 157 Å². The molecule has 0 amide bonds. The molecule has 0 spiro atoms. The van der Waals surface area contributed by atoms with Gasteiger partial charge in [0.15, 0.2) is 0 Å². The first kappa shape index (κ1) is 25.8. The van der Waals surface area contributed by atoms with Gasteiger partial charge in [-0.15, -0.1) is 11.3 Å². The number of rotatable bonds is 5. The minimum atomic E-state index is 0.878. The van der Waals surface area contributed by atoms with Crippen molar-refractivity contribution in [2.45, 2.75) is 0 Å². The van der Waals surface area contributed by atoms with Crippen molar-refractivity contribution < 1.29 is 4.42 Å². The van der Waals surface area contributed by atoms with E-state index in [1.54, 1.807) is 0 Å². The summed E-state index contributed by atoms with van der Waals surface area (Å²) in [6.45, 7) is 0. The minimum absolute atomic E-state index is 0.878. The van der Waals surface area contributed by atoms with Crippen molar-refractivity contribution in [2.24, 2.45) is 0 Å². The van der Waals surface area contributed by atoms with Gasteiger partial charge in [0.05, 0.1) is 16.8 Å². The molecule has 0 aliphatic rings. The zero-order valence-corrected chi connectivity index (χ0v) is 25.2. The number of fused-ring (bicyclic) bond motifs is 6. The van der Waals surface area contributed by atoms with Gasteiger partial charge in [0.2, 0.25) is 0 Å². The van der Waals surface area contributed by atoms with Gasteiger partial charge in [0, 0.05) is 36.8 Å². The molecule has 0 bridgehead atoms. The van der Waals surface area contributed by atoms with Gasteiger partial charge in [0.25, 0.3) is 0 Å². The summed E-state index contributed by atoms with van der Waals surface area (Å²) in [4.78, 5) is 2.39. The lowest BCUT2D eigenvalue weighted by Gasteiger charge is -2.28. The van der Waals surface area contributed by atoms with Crippen LogP contribution in [0.15, 0.2) is 168 Å². The van der Waals surface area contributed by atoms with Crippen molar-refractivity contribution >= 4 is 70.5 Å². The van der Waals surface area contributed by atoms with Crippen LogP contribution in [0.25, 0.3) is 64.4 Å². The Morgan fingerprint density at radius 1 is 0.422 bits per heavy atom. The first-order valence-corrected chi connectivity index (χ1v) is 16.0. The van der Waals surface area contributed by atoms with Gasteiger partial charge in [-0.2, -0.15) is 0 Å². The third kappa shape index (κ3) is 4.32. The van der Waals surface area contributed by atoms with Crippen molar-refractivity contribution in [3.63, 3.8) is 0 Å². The minimum Gasteiger partial charge on any atom is -0.456 e. The molecule has 2 heterocycles. The highest BCUT2D eigenvalue weighted by atomic mass is 32.1. The Kier molecular flexibility index (Phi) is 6.03. The summed E-state index contributed by atoms with van der Waals surface area (Å²) in [7, 11) is 0. The van der Waals surface area contributed by atoms with Gasteiger partial charge in [-0.05, 0) is 71.3 Å². The summed E-state index contributed by atoms with van der Waals surface area (Å²) in [5, 5.41) is 4.82. The summed E-state index contributed by atoms with van der Waals surface area (Å²) >= 11 is 1.85. The number of benzene rings is 7. The van der Waals surface area contributed by atoms with E-state index in [9.17, 15) is 0 Å². The fourth-order valence-electron chi connectivity index (χ4n) is 6.59. The standard InChI is InChI=1S/C42H27NOS/c1-2-11-28(12-3-1)29-21-24-31(25-22-29)43(37-17-10-19-39-42(37)34-15-5-8-18-38(34)44-39)36-16-7-4-13-32(36)30-23-26-41-35(27-30)33-14-6-9-20-40(33)45-41/h1-27H. The van der Waals surface area contributed by atoms with E-state index in [0.717, 1.165) is 39.0 Å². The molecule has 7 aromatic carbocycles. The number of hydrogen-bond acceptors (Lipinski definition) is 3. The Morgan fingerprint density at radius 2 is 1.07 bits per heavy atom. The van der Waals surface area contributed by atoms with Gasteiger partial charge < -0.3 is 9.32 Å². The Bertz CT molecular complexity index is 2490. The highest BCUT2D eigenvalue weighted by molar-refractivity contribution is 7.25. The molecule has 0 saturated heterocycles. The van der Waals surface area contributed by atoms with Crippen LogP contribution in [0.4, 0.5) is 17.1 Å². The molecule has 0 fully saturated rings. The fraction of sp³-hybridized carbons (Fsp3) is 0. The second-order valence-electron chi connectivity index (χ2n) is 11.3. The molecule has 0 N–H and O–H groups in total. The van der Waals surface area contributed by atoms with E-state index in [-0.39, 0.29) is 0 Å². The maximum Gasteiger partial charge on any atom is 0.137 e. The highest BCUT2D eigenvalue weighted by Gasteiger charge is 2.22. The largest absolute Gasteiger partial charge is 0.456 e. The molecule has 0 unspecified atom stereocenters. The highest BCUT2D eigenvalue weighted by Crippen LogP contribution is 2.47. The summed E-state index contributed by atoms with van der Waals surface area (Å²) in [5.41, 5.74) is 9.81. The first-order valence-electron chi connectivity index (χ1n) is 15.2. The average Bonchev–Trinajstić information content (AvgIpc) is 3.68. The van der Waals surface area contributed by atoms with Gasteiger partial charge in [0.1, 0.15) is 11.2 Å². The first-order chi connectivity index (χ1) is 22.3. The maximum absolute atomic E-state index is 6.36. The molecule has 0 atom stereocenters. The van der Waals surface area contributed by atoms with E-state index < -0.39 is 0 Å². The third-order valence-corrected chi connectivity index (χ3v) is 9.84. The molecule has 2 aromatic heterocycles. The van der Waals surface area contributed by atoms with E-state index in [1.165, 1.54) is 42.4 Å². The molecule has 0 saturated carbocycles. The van der Waals surface area contributed by atoms with E-state index >= 15 is 0 Å². The normalized spacial score (nSPS) is 11.6. The summed E-state index contributed by atoms with van der Waals surface area (Å²) in [6, 6.07) is 58.5. The molecule has 0 radical (unpaired) electrons. The Morgan fingerprint density at radius 3 is 1.96 bits per heavy atom. The van der Waals surface area contributed by atoms with Crippen LogP contribution < -0.4 is 4.90 Å². The Hall–Kier alpha value is -5.64. The quantitative estimate of drug-likeness (QED) is 0.197. The van der Waals surface area contributed by atoms with Crippen LogP contribution in [0.3, 0.4) is 0 Å². The maximum atomic E-state index is 6.36. The summed E-state index contributed by atoms with van der Waals surface area (Å²) < 4.78 is 8.98. The van der Waals surface area contributed by atoms with Crippen molar-refractivity contribution in [3.05, 3.63) is 164 Å². The second-order valence-corrected chi connectivity index (χ2v) is 12.4. The van der Waals surface area contributed by atoms with Crippen LogP contribution in [-0.2, 0) is 0 Å². The van der Waals surface area contributed by atoms with E-state index in [4.69, 9.17) is 4.42 Å². The molecule has 9 aromatic rings. The predicted octanol–water partition coefficient (Wildman–Crippen LogP) is 12.8. The van der Waals surface area contributed by atoms with Gasteiger partial charge in [-0.25, -0.2) is 0 Å². The number of para-hydroxylation sites is 2. The monoisotopic (exact) mass is 593 g/mol. The molecular weight excluding hydrogens is 567 g/mol. The van der Waals surface area contributed by atoms with Crippen molar-refractivity contribution in [1.29, 1.82) is 0 Å². The zero-order valence-electron chi connectivity index (χ0n) is 24.4. The molecule has 2 nitrogen and oxygen atoms in total. The third-order valence-electron chi connectivity index (χ3n) is 8.69. The fourth-order valence-corrected chi connectivity index (χ4v) is 7.68. The van der Waals surface area contributed by atoms with Crippen LogP contribution >= 0.6 is 11.3 Å². The topological polar surface area (TPSA) is 16.4 Å². The SMILES string of the molecule is c1ccc(-c2ccc(N(c3ccccc3-c3ccc4sc5ccccc5c4c3)c3cccc4oc5ccccc5c34)cc2)cc1. The Balaban J connectivity index is 1.29. The molecule has 9 rings (SSSR count). The van der Waals surface area contributed by atoms with Gasteiger partial charge in [-0.3, -0.25) is 0 Å². The lowest BCUT2D eigenvalue weighted by atomic mass is 9.98. The number of hydrogen-bond donors (Lipinski definition) is 0. The van der Waals surface area contributed by atoms with Crippen molar-refractivity contribution in [2.75, 3.05) is 4.90 Å². The van der Waals surface area contributed by atoms with Crippen LogP contribution in [0.5, 0.6) is 0 Å². The number of nitrogens with zero attached hydrogens (tertiary/aromatic N) is 1. The van der Waals surface area contributed by atoms with E-state index in [0.29, 0.717) is 0 Å². The van der Waals surface area contributed by atoms with Crippen molar-refractivity contribution in [3.8, 4) is 22.3 Å². The molecular formula is C42H27NOS. The van der Waals surface area contributed by atoms with Crippen LogP contribution in [0.1, 0.15) is 0 Å². The molecule has 0 aliphatic heterocycles. The lowest BCUT2D eigenvalue weighted by molar-refractivity contribution is 0.669. The number of anilines is 3. The second kappa shape index (κ2) is 10.5. The predicted molar refractivity (Wildman–Crippen MR) is 192 cm³/mol. The zero-order chi connectivity index (χ0) is 29.7. The van der Waals surface area contributed by atoms with Crippen LogP contribution in [0.2, 0.25) is 0 Å². The van der Waals surface area contributed by atoms with Gasteiger partial charge in [-0.1, -0.05) is 109 Å². The molecule has 3 heteroatoms. The number of furan rings is 1.